The van der Waals surface area contributed by atoms with Crippen LogP contribution in [0, 0.1) is 5.92 Å². The molecule has 1 aliphatic rings. The highest BCUT2D eigenvalue weighted by molar-refractivity contribution is 5.95. The molecule has 3 heteroatoms. The van der Waals surface area contributed by atoms with Crippen LogP contribution in [0.5, 0.6) is 0 Å². The normalized spacial score (nSPS) is 17.5. The van der Waals surface area contributed by atoms with E-state index in [0.29, 0.717) is 12.3 Å². The number of carbonyl (C=O) groups is 1. The highest BCUT2D eigenvalue weighted by Crippen LogP contribution is 2.32. The zero-order valence-corrected chi connectivity index (χ0v) is 13.6. The molecule has 0 spiro atoms. The van der Waals surface area contributed by atoms with Gasteiger partial charge in [0, 0.05) is 25.2 Å². The van der Waals surface area contributed by atoms with Crippen LogP contribution in [-0.4, -0.2) is 13.0 Å². The van der Waals surface area contributed by atoms with Crippen LogP contribution in [0.4, 0.5) is 5.69 Å². The molecule has 1 heterocycles. The predicted molar refractivity (Wildman–Crippen MR) is 88.4 cm³/mol. The lowest BCUT2D eigenvalue weighted by Gasteiger charge is -2.28. The highest BCUT2D eigenvalue weighted by Gasteiger charge is 2.23. The second-order valence-electron chi connectivity index (χ2n) is 6.18. The summed E-state index contributed by atoms with van der Waals surface area (Å²) in [5, 5.41) is 0. The van der Waals surface area contributed by atoms with Crippen LogP contribution in [0.15, 0.2) is 18.2 Å². The summed E-state index contributed by atoms with van der Waals surface area (Å²) < 4.78 is 0. The lowest BCUT2D eigenvalue weighted by Crippen LogP contribution is -2.31. The van der Waals surface area contributed by atoms with Crippen LogP contribution in [0.1, 0.15) is 63.1 Å². The lowest BCUT2D eigenvalue weighted by molar-refractivity contribution is -0.118. The van der Waals surface area contributed by atoms with Gasteiger partial charge in [-0.15, -0.1) is 0 Å². The van der Waals surface area contributed by atoms with Crippen LogP contribution >= 0.6 is 0 Å². The molecule has 2 rings (SSSR count). The number of fused-ring (bicyclic) bond motifs is 1. The molecule has 2 unspecified atom stereocenters. The van der Waals surface area contributed by atoms with Gasteiger partial charge < -0.3 is 10.6 Å². The molecule has 3 nitrogen and oxygen atoms in total. The molecule has 2 atom stereocenters. The van der Waals surface area contributed by atoms with Crippen molar-refractivity contribution in [3.05, 3.63) is 29.3 Å². The van der Waals surface area contributed by atoms with E-state index < -0.39 is 0 Å². The van der Waals surface area contributed by atoms with E-state index in [1.807, 2.05) is 7.05 Å². The monoisotopic (exact) mass is 288 g/mol. The van der Waals surface area contributed by atoms with E-state index in [2.05, 4.69) is 32.0 Å². The van der Waals surface area contributed by atoms with Gasteiger partial charge in [0.1, 0.15) is 0 Å². The Morgan fingerprint density at radius 1 is 1.29 bits per heavy atom. The molecule has 0 aliphatic carbocycles. The van der Waals surface area contributed by atoms with Gasteiger partial charge in [-0.1, -0.05) is 45.2 Å². The van der Waals surface area contributed by atoms with Crippen molar-refractivity contribution < 1.29 is 4.79 Å². The number of unbranched alkanes of at least 4 members (excludes halogenated alkanes) is 1. The van der Waals surface area contributed by atoms with Crippen molar-refractivity contribution in [2.45, 2.75) is 58.4 Å². The van der Waals surface area contributed by atoms with Crippen molar-refractivity contribution in [1.29, 1.82) is 0 Å². The minimum atomic E-state index is 0.106. The largest absolute Gasteiger partial charge is 0.324 e. The van der Waals surface area contributed by atoms with Crippen LogP contribution < -0.4 is 10.6 Å². The third-order valence-corrected chi connectivity index (χ3v) is 4.79. The second-order valence-corrected chi connectivity index (χ2v) is 6.18. The number of benzene rings is 1. The molecule has 21 heavy (non-hydrogen) atoms. The second kappa shape index (κ2) is 7.08. The van der Waals surface area contributed by atoms with Crippen molar-refractivity contribution >= 4 is 11.6 Å². The Morgan fingerprint density at radius 3 is 2.71 bits per heavy atom. The van der Waals surface area contributed by atoms with Gasteiger partial charge in [-0.05, 0) is 36.0 Å². The van der Waals surface area contributed by atoms with Crippen molar-refractivity contribution in [3.63, 3.8) is 0 Å². The number of nitrogens with zero attached hydrogens (tertiary/aromatic N) is 1. The summed E-state index contributed by atoms with van der Waals surface area (Å²) in [7, 11) is 1.86. The van der Waals surface area contributed by atoms with Crippen LogP contribution in [0.25, 0.3) is 0 Å². The Kier molecular flexibility index (Phi) is 5.40. The summed E-state index contributed by atoms with van der Waals surface area (Å²) in [4.78, 5) is 13.5. The predicted octanol–water partition coefficient (Wildman–Crippen LogP) is 3.81. The molecule has 1 aromatic rings. The fourth-order valence-electron chi connectivity index (χ4n) is 3.26. The minimum Gasteiger partial charge on any atom is -0.324 e. The van der Waals surface area contributed by atoms with E-state index in [9.17, 15) is 4.79 Å². The van der Waals surface area contributed by atoms with Gasteiger partial charge in [-0.3, -0.25) is 4.79 Å². The number of hydrogen-bond acceptors (Lipinski definition) is 2. The Labute approximate surface area is 128 Å². The minimum absolute atomic E-state index is 0.106. The van der Waals surface area contributed by atoms with Gasteiger partial charge in [0.15, 0.2) is 0 Å². The molecule has 1 aliphatic heterocycles. The van der Waals surface area contributed by atoms with E-state index in [0.717, 1.165) is 18.5 Å². The van der Waals surface area contributed by atoms with Crippen molar-refractivity contribution in [3.8, 4) is 0 Å². The number of aryl methyl sites for hydroxylation is 1. The maximum absolute atomic E-state index is 11.7. The Hall–Kier alpha value is -1.35. The summed E-state index contributed by atoms with van der Waals surface area (Å²) in [6.45, 7) is 4.45. The summed E-state index contributed by atoms with van der Waals surface area (Å²) in [5.74, 6) is 0.750. The van der Waals surface area contributed by atoms with Gasteiger partial charge in [0.25, 0.3) is 0 Å². The number of rotatable bonds is 6. The third-order valence-electron chi connectivity index (χ3n) is 4.79. The molecule has 0 aromatic heterocycles. The Bertz CT molecular complexity index is 498. The average Bonchev–Trinajstić information content (AvgIpc) is 2.51. The molecule has 0 radical (unpaired) electrons. The Morgan fingerprint density at radius 2 is 2.05 bits per heavy atom. The first-order valence-electron chi connectivity index (χ1n) is 8.23. The fraction of sp³-hybridized carbons (Fsp3) is 0.611. The summed E-state index contributed by atoms with van der Waals surface area (Å²) in [6.07, 6.45) is 6.23. The highest BCUT2D eigenvalue weighted by atomic mass is 16.2. The van der Waals surface area contributed by atoms with Gasteiger partial charge in [-0.2, -0.15) is 0 Å². The van der Waals surface area contributed by atoms with E-state index >= 15 is 0 Å². The Balaban J connectivity index is 2.19. The first-order valence-corrected chi connectivity index (χ1v) is 8.23. The van der Waals surface area contributed by atoms with Crippen molar-refractivity contribution in [1.82, 2.24) is 0 Å². The zero-order valence-electron chi connectivity index (χ0n) is 13.6. The molecule has 0 saturated carbocycles. The van der Waals surface area contributed by atoms with E-state index in [1.165, 1.54) is 30.4 Å². The molecule has 116 valence electrons. The van der Waals surface area contributed by atoms with Crippen molar-refractivity contribution in [2.75, 3.05) is 11.9 Å². The molecule has 0 bridgehead atoms. The SMILES string of the molecule is CCCCC(CC)C(N)c1ccc2c(c1)CCC(=O)N2C. The molecular weight excluding hydrogens is 260 g/mol. The van der Waals surface area contributed by atoms with E-state index in [4.69, 9.17) is 5.73 Å². The van der Waals surface area contributed by atoms with Crippen LogP contribution in [0.2, 0.25) is 0 Å². The van der Waals surface area contributed by atoms with E-state index in [1.54, 1.807) is 4.90 Å². The first kappa shape index (κ1) is 16.0. The van der Waals surface area contributed by atoms with Gasteiger partial charge in [0.2, 0.25) is 5.91 Å². The average molecular weight is 288 g/mol. The number of hydrogen-bond donors (Lipinski definition) is 1. The number of nitrogens with two attached hydrogens (primary N) is 1. The van der Waals surface area contributed by atoms with Gasteiger partial charge in [0.05, 0.1) is 0 Å². The number of amides is 1. The van der Waals surface area contributed by atoms with Gasteiger partial charge >= 0.3 is 0 Å². The maximum Gasteiger partial charge on any atom is 0.227 e. The van der Waals surface area contributed by atoms with Gasteiger partial charge in [-0.25, -0.2) is 0 Å². The quantitative estimate of drug-likeness (QED) is 0.865. The van der Waals surface area contributed by atoms with E-state index in [-0.39, 0.29) is 11.9 Å². The van der Waals surface area contributed by atoms with Crippen LogP contribution in [0.3, 0.4) is 0 Å². The van der Waals surface area contributed by atoms with Crippen molar-refractivity contribution in [2.24, 2.45) is 11.7 Å². The number of carbonyl (C=O) groups excluding carboxylic acids is 1. The zero-order chi connectivity index (χ0) is 15.4. The summed E-state index contributed by atoms with van der Waals surface area (Å²) >= 11 is 0. The maximum atomic E-state index is 11.7. The molecule has 2 N–H and O–H groups in total. The standard InChI is InChI=1S/C18H28N2O/c1-4-6-7-13(5-2)18(19)15-8-10-16-14(12-15)9-11-17(21)20(16)3/h8,10,12-13,18H,4-7,9,11,19H2,1-3H3. The smallest absolute Gasteiger partial charge is 0.227 e. The lowest BCUT2D eigenvalue weighted by atomic mass is 9.86. The summed E-state index contributed by atoms with van der Waals surface area (Å²) in [6, 6.07) is 6.49. The molecule has 1 aromatic carbocycles. The topological polar surface area (TPSA) is 46.3 Å². The molecule has 1 amide bonds. The molecule has 0 saturated heterocycles. The first-order chi connectivity index (χ1) is 10.1. The molecular formula is C18H28N2O. The number of anilines is 1. The third kappa shape index (κ3) is 3.46. The van der Waals surface area contributed by atoms with Crippen LogP contribution in [-0.2, 0) is 11.2 Å². The molecule has 0 fully saturated rings. The summed E-state index contributed by atoms with van der Waals surface area (Å²) in [5.41, 5.74) is 10.0. The fourth-order valence-corrected chi connectivity index (χ4v) is 3.26.